The third kappa shape index (κ3) is 7.85. The standard InChI is InChI=1S/C34H49F5O4/c1-32-19-17-27-26-14-13-25(40)21-24(26)20-23(30(27)28(32)15-16-29(32)41)11-8-6-4-2-3-5-7-10-22(31(42)43)12-9-18-33(35,36)34(37,38)39/h13-14,21-23,27-30,40-41H,2-12,15-20H2,1H3,(H,42,43)/t22?,23-,27-,28+,29+,30-,32+/m1/s1. The highest BCUT2D eigenvalue weighted by Gasteiger charge is 2.57. The Hall–Kier alpha value is -1.90. The van der Waals surface area contributed by atoms with Gasteiger partial charge in [0, 0.05) is 6.42 Å². The number of carboxylic acids is 1. The van der Waals surface area contributed by atoms with Gasteiger partial charge < -0.3 is 15.3 Å². The minimum Gasteiger partial charge on any atom is -0.508 e. The van der Waals surface area contributed by atoms with E-state index >= 15 is 0 Å². The third-order valence-corrected chi connectivity index (χ3v) is 11.3. The molecule has 0 saturated heterocycles. The van der Waals surface area contributed by atoms with Crippen molar-refractivity contribution in [1.82, 2.24) is 0 Å². The molecule has 1 aromatic rings. The number of aliphatic hydroxyl groups is 1. The molecule has 0 radical (unpaired) electrons. The fourth-order valence-corrected chi connectivity index (χ4v) is 8.82. The Balaban J connectivity index is 1.17. The molecule has 0 amide bonds. The average Bonchev–Trinajstić information content (AvgIpc) is 3.23. The first-order valence-electron chi connectivity index (χ1n) is 16.4. The summed E-state index contributed by atoms with van der Waals surface area (Å²) in [6.07, 6.45) is 5.39. The Morgan fingerprint density at radius 1 is 0.953 bits per heavy atom. The maximum atomic E-state index is 13.1. The zero-order valence-electron chi connectivity index (χ0n) is 25.4. The predicted octanol–water partition coefficient (Wildman–Crippen LogP) is 9.41. The number of phenols is 1. The second-order valence-corrected chi connectivity index (χ2v) is 14.0. The van der Waals surface area contributed by atoms with Crippen LogP contribution in [0.2, 0.25) is 0 Å². The van der Waals surface area contributed by atoms with Gasteiger partial charge in [0.25, 0.3) is 0 Å². The number of carbonyl (C=O) groups is 1. The van der Waals surface area contributed by atoms with Gasteiger partial charge in [-0.15, -0.1) is 0 Å². The van der Waals surface area contributed by atoms with Crippen molar-refractivity contribution in [3.63, 3.8) is 0 Å². The van der Waals surface area contributed by atoms with E-state index in [2.05, 4.69) is 13.0 Å². The summed E-state index contributed by atoms with van der Waals surface area (Å²) in [6.45, 7) is 2.29. The molecule has 4 nitrogen and oxygen atoms in total. The van der Waals surface area contributed by atoms with Crippen molar-refractivity contribution in [3.8, 4) is 5.75 Å². The molecular weight excluding hydrogens is 567 g/mol. The van der Waals surface area contributed by atoms with Crippen molar-refractivity contribution in [3.05, 3.63) is 29.3 Å². The number of alkyl halides is 5. The van der Waals surface area contributed by atoms with Gasteiger partial charge in [-0.05, 0) is 110 Å². The first-order valence-corrected chi connectivity index (χ1v) is 16.4. The lowest BCUT2D eigenvalue weighted by Crippen LogP contribution is -2.47. The van der Waals surface area contributed by atoms with Gasteiger partial charge in [-0.2, -0.15) is 22.0 Å². The van der Waals surface area contributed by atoms with Gasteiger partial charge in [-0.3, -0.25) is 4.79 Å². The molecule has 244 valence electrons. The Labute approximate surface area is 252 Å². The maximum absolute atomic E-state index is 13.1. The Kier molecular flexibility index (Phi) is 11.1. The maximum Gasteiger partial charge on any atom is 0.453 e. The van der Waals surface area contributed by atoms with Crippen LogP contribution in [0.5, 0.6) is 5.75 Å². The molecule has 43 heavy (non-hydrogen) atoms. The molecule has 3 N–H and O–H groups in total. The molecule has 7 atom stereocenters. The molecule has 0 heterocycles. The quantitative estimate of drug-likeness (QED) is 0.136. The number of aromatic hydroxyl groups is 1. The van der Waals surface area contributed by atoms with Crippen LogP contribution < -0.4 is 0 Å². The lowest BCUT2D eigenvalue weighted by atomic mass is 9.52. The molecule has 4 rings (SSSR count). The summed E-state index contributed by atoms with van der Waals surface area (Å²) < 4.78 is 63.2. The number of aliphatic carboxylic acids is 1. The van der Waals surface area contributed by atoms with Gasteiger partial charge >= 0.3 is 18.1 Å². The number of carboxylic acid groups (broad SMARTS) is 1. The van der Waals surface area contributed by atoms with Gasteiger partial charge in [0.1, 0.15) is 5.75 Å². The van der Waals surface area contributed by atoms with Crippen molar-refractivity contribution in [2.24, 2.45) is 29.1 Å². The van der Waals surface area contributed by atoms with E-state index in [0.717, 1.165) is 77.0 Å². The molecule has 0 spiro atoms. The summed E-state index contributed by atoms with van der Waals surface area (Å²) in [4.78, 5) is 11.5. The van der Waals surface area contributed by atoms with Crippen LogP contribution in [0, 0.1) is 29.1 Å². The van der Waals surface area contributed by atoms with Gasteiger partial charge in [0.05, 0.1) is 12.0 Å². The third-order valence-electron chi connectivity index (χ3n) is 11.3. The van der Waals surface area contributed by atoms with Crippen LogP contribution in [0.1, 0.15) is 127 Å². The largest absolute Gasteiger partial charge is 0.508 e. The van der Waals surface area contributed by atoms with E-state index < -0.39 is 36.8 Å². The number of hydrogen-bond acceptors (Lipinski definition) is 3. The average molecular weight is 617 g/mol. The van der Waals surface area contributed by atoms with Gasteiger partial charge in [0.2, 0.25) is 0 Å². The zero-order chi connectivity index (χ0) is 31.4. The number of aliphatic hydroxyl groups excluding tert-OH is 1. The summed E-state index contributed by atoms with van der Waals surface area (Å²) in [5, 5.41) is 30.4. The van der Waals surface area contributed by atoms with E-state index in [1.54, 1.807) is 0 Å². The molecule has 2 saturated carbocycles. The van der Waals surface area contributed by atoms with E-state index in [1.807, 2.05) is 12.1 Å². The van der Waals surface area contributed by atoms with Gasteiger partial charge in [-0.1, -0.05) is 57.9 Å². The molecule has 0 bridgehead atoms. The lowest BCUT2D eigenvalue weighted by molar-refractivity contribution is -0.284. The Morgan fingerprint density at radius 2 is 1.60 bits per heavy atom. The summed E-state index contributed by atoms with van der Waals surface area (Å²) in [5.74, 6) is -4.35. The number of unbranched alkanes of at least 4 members (excludes halogenated alkanes) is 6. The highest BCUT2D eigenvalue weighted by molar-refractivity contribution is 5.69. The van der Waals surface area contributed by atoms with Crippen LogP contribution in [0.15, 0.2) is 18.2 Å². The molecule has 1 aromatic carbocycles. The molecule has 2 fully saturated rings. The number of fused-ring (bicyclic) bond motifs is 5. The Morgan fingerprint density at radius 3 is 2.28 bits per heavy atom. The Bertz CT molecular complexity index is 1080. The highest BCUT2D eigenvalue weighted by Crippen LogP contribution is 2.62. The lowest BCUT2D eigenvalue weighted by Gasteiger charge is -2.53. The summed E-state index contributed by atoms with van der Waals surface area (Å²) >= 11 is 0. The van der Waals surface area contributed by atoms with E-state index in [0.29, 0.717) is 42.3 Å². The second-order valence-electron chi connectivity index (χ2n) is 14.0. The van der Waals surface area contributed by atoms with Crippen LogP contribution in [0.4, 0.5) is 22.0 Å². The number of benzene rings is 1. The second kappa shape index (κ2) is 14.0. The molecule has 0 aromatic heterocycles. The molecule has 3 aliphatic rings. The van der Waals surface area contributed by atoms with Crippen LogP contribution >= 0.6 is 0 Å². The highest BCUT2D eigenvalue weighted by atomic mass is 19.4. The van der Waals surface area contributed by atoms with Crippen molar-refractivity contribution < 1.29 is 42.1 Å². The number of rotatable bonds is 15. The topological polar surface area (TPSA) is 77.8 Å². The molecular formula is C34H49F5O4. The molecule has 9 heteroatoms. The first-order chi connectivity index (χ1) is 20.2. The number of halogens is 5. The van der Waals surface area contributed by atoms with E-state index in [9.17, 15) is 42.1 Å². The number of hydrogen-bond donors (Lipinski definition) is 3. The first kappa shape index (κ1) is 34.0. The van der Waals surface area contributed by atoms with Crippen molar-refractivity contribution in [2.45, 2.75) is 140 Å². The fourth-order valence-electron chi connectivity index (χ4n) is 8.82. The summed E-state index contributed by atoms with van der Waals surface area (Å²) in [5.41, 5.74) is 2.68. The van der Waals surface area contributed by atoms with Crippen molar-refractivity contribution in [2.75, 3.05) is 0 Å². The van der Waals surface area contributed by atoms with Crippen LogP contribution in [-0.4, -0.2) is 39.5 Å². The van der Waals surface area contributed by atoms with Crippen molar-refractivity contribution in [1.29, 1.82) is 0 Å². The van der Waals surface area contributed by atoms with Gasteiger partial charge in [-0.25, -0.2) is 0 Å². The van der Waals surface area contributed by atoms with Crippen LogP contribution in [-0.2, 0) is 11.2 Å². The minimum atomic E-state index is -5.60. The number of phenolic OH excluding ortho intramolecular Hbond substituents is 1. The summed E-state index contributed by atoms with van der Waals surface area (Å²) in [7, 11) is 0. The summed E-state index contributed by atoms with van der Waals surface area (Å²) in [6, 6.07) is 5.88. The van der Waals surface area contributed by atoms with E-state index in [1.165, 1.54) is 11.1 Å². The minimum absolute atomic E-state index is 0.00162. The fraction of sp³-hybridized carbons (Fsp3) is 0.794. The van der Waals surface area contributed by atoms with Gasteiger partial charge in [0.15, 0.2) is 0 Å². The van der Waals surface area contributed by atoms with Crippen LogP contribution in [0.25, 0.3) is 0 Å². The van der Waals surface area contributed by atoms with Crippen LogP contribution in [0.3, 0.4) is 0 Å². The molecule has 1 unspecified atom stereocenters. The van der Waals surface area contributed by atoms with E-state index in [4.69, 9.17) is 0 Å². The smallest absolute Gasteiger partial charge is 0.453 e. The zero-order valence-corrected chi connectivity index (χ0v) is 25.4. The molecule has 0 aliphatic heterocycles. The van der Waals surface area contributed by atoms with E-state index in [-0.39, 0.29) is 17.9 Å². The normalized spacial score (nSPS) is 29.5. The predicted molar refractivity (Wildman–Crippen MR) is 155 cm³/mol. The molecule has 3 aliphatic carbocycles. The monoisotopic (exact) mass is 616 g/mol. The SMILES string of the molecule is C[C@]12CC[C@@H]3c4ccc(O)cc4C[C@@H](CCCCCCCCCC(CCCC(F)(F)C(F)(F)F)C(=O)O)[C@H]3[C@@H]1CC[C@@H]2O. The van der Waals surface area contributed by atoms with Crippen molar-refractivity contribution >= 4 is 5.97 Å².